The Kier molecular flexibility index (Phi) is 2.18. The van der Waals surface area contributed by atoms with E-state index in [9.17, 15) is 4.79 Å². The van der Waals surface area contributed by atoms with Crippen molar-refractivity contribution in [2.75, 3.05) is 0 Å². The highest BCUT2D eigenvalue weighted by atomic mass is 16.7. The fourth-order valence-corrected chi connectivity index (χ4v) is 0.967. The van der Waals surface area contributed by atoms with Gasteiger partial charge in [-0.05, 0) is 27.7 Å². The van der Waals surface area contributed by atoms with Crippen molar-refractivity contribution in [2.24, 2.45) is 0 Å². The van der Waals surface area contributed by atoms with Crippen LogP contribution in [0.15, 0.2) is 0 Å². The molecule has 0 aromatic rings. The number of nitrogens with one attached hydrogen (secondary N) is 1. The normalized spacial score (nSPS) is 25.5. The van der Waals surface area contributed by atoms with Crippen LogP contribution in [-0.4, -0.2) is 24.9 Å². The molecule has 1 amide bonds. The van der Waals surface area contributed by atoms with Crippen molar-refractivity contribution in [2.45, 2.75) is 38.9 Å². The van der Waals surface area contributed by atoms with Crippen molar-refractivity contribution in [3.8, 4) is 0 Å². The molecular formula is C7H14BNO3. The lowest BCUT2D eigenvalue weighted by Gasteiger charge is -2.32. The van der Waals surface area contributed by atoms with Gasteiger partial charge in [0.25, 0.3) is 0 Å². The van der Waals surface area contributed by atoms with E-state index in [0.717, 1.165) is 0 Å². The molecule has 1 saturated heterocycles. The van der Waals surface area contributed by atoms with E-state index >= 15 is 0 Å². The highest BCUT2D eigenvalue weighted by Crippen LogP contribution is 2.35. The molecule has 0 saturated carbocycles. The first-order valence-electron chi connectivity index (χ1n) is 3.94. The van der Waals surface area contributed by atoms with Gasteiger partial charge in [-0.1, -0.05) is 0 Å². The minimum atomic E-state index is -0.618. The molecule has 1 N–H and O–H groups in total. The summed E-state index contributed by atoms with van der Waals surface area (Å²) in [4.78, 5) is 10.1. The quantitative estimate of drug-likeness (QED) is 0.480. The van der Waals surface area contributed by atoms with Crippen LogP contribution >= 0.6 is 0 Å². The molecule has 0 unspecified atom stereocenters. The molecule has 0 atom stereocenters. The zero-order valence-electron chi connectivity index (χ0n) is 7.88. The fourth-order valence-electron chi connectivity index (χ4n) is 0.967. The van der Waals surface area contributed by atoms with Gasteiger partial charge in [0.1, 0.15) is 0 Å². The average Bonchev–Trinajstić information content (AvgIpc) is 2.02. The molecule has 1 aliphatic heterocycles. The molecule has 5 heteroatoms. The van der Waals surface area contributed by atoms with Gasteiger partial charge in [-0.3, -0.25) is 4.79 Å². The van der Waals surface area contributed by atoms with Gasteiger partial charge in [-0.15, -0.1) is 0 Å². The Labute approximate surface area is 72.8 Å². The van der Waals surface area contributed by atoms with Gasteiger partial charge in [0.2, 0.25) is 0 Å². The molecular weight excluding hydrogens is 157 g/mol. The molecule has 0 aromatic heterocycles. The first-order chi connectivity index (χ1) is 5.39. The maximum absolute atomic E-state index is 10.1. The maximum Gasteiger partial charge on any atom is 0.593 e. The molecule has 1 fully saturated rings. The Morgan fingerprint density at radius 1 is 1.17 bits per heavy atom. The molecule has 0 aliphatic carbocycles. The topological polar surface area (TPSA) is 47.6 Å². The third-order valence-electron chi connectivity index (χ3n) is 2.46. The van der Waals surface area contributed by atoms with Crippen molar-refractivity contribution in [3.63, 3.8) is 0 Å². The summed E-state index contributed by atoms with van der Waals surface area (Å²) >= 11 is 0. The van der Waals surface area contributed by atoms with Crippen LogP contribution in [0.4, 0.5) is 0 Å². The second-order valence-corrected chi connectivity index (χ2v) is 3.87. The molecule has 1 heterocycles. The van der Waals surface area contributed by atoms with Crippen LogP contribution in [-0.2, 0) is 14.1 Å². The monoisotopic (exact) mass is 171 g/mol. The lowest BCUT2D eigenvalue weighted by atomic mass is 9.90. The lowest BCUT2D eigenvalue weighted by Crippen LogP contribution is -2.41. The first-order valence-corrected chi connectivity index (χ1v) is 3.94. The van der Waals surface area contributed by atoms with Gasteiger partial charge in [0.05, 0.1) is 11.2 Å². The molecule has 0 bridgehead atoms. The number of hydrogen-bond acceptors (Lipinski definition) is 3. The van der Waals surface area contributed by atoms with Crippen molar-refractivity contribution < 1.29 is 14.1 Å². The zero-order chi connectivity index (χ0) is 9.41. The van der Waals surface area contributed by atoms with E-state index < -0.39 is 7.25 Å². The molecule has 4 nitrogen and oxygen atoms in total. The van der Waals surface area contributed by atoms with E-state index in [2.05, 4.69) is 5.23 Å². The van der Waals surface area contributed by atoms with Gasteiger partial charge in [0, 0.05) is 0 Å². The Morgan fingerprint density at radius 3 is 1.92 bits per heavy atom. The maximum atomic E-state index is 10.1. The summed E-state index contributed by atoms with van der Waals surface area (Å²) in [6.07, 6.45) is 0.572. The molecule has 68 valence electrons. The molecule has 0 spiro atoms. The lowest BCUT2D eigenvalue weighted by molar-refractivity contribution is -0.108. The van der Waals surface area contributed by atoms with Crippen LogP contribution in [0.2, 0.25) is 0 Å². The molecule has 1 aliphatic rings. The van der Waals surface area contributed by atoms with Crippen LogP contribution in [0.3, 0.4) is 0 Å². The summed E-state index contributed by atoms with van der Waals surface area (Å²) in [6.45, 7) is 7.72. The zero-order valence-corrected chi connectivity index (χ0v) is 7.88. The second-order valence-electron chi connectivity index (χ2n) is 3.87. The average molecular weight is 171 g/mol. The van der Waals surface area contributed by atoms with Gasteiger partial charge in [-0.25, -0.2) is 0 Å². The second kappa shape index (κ2) is 2.74. The van der Waals surface area contributed by atoms with E-state index in [0.29, 0.717) is 6.41 Å². The summed E-state index contributed by atoms with van der Waals surface area (Å²) in [6, 6.07) is 0. The van der Waals surface area contributed by atoms with Gasteiger partial charge >= 0.3 is 7.25 Å². The first kappa shape index (κ1) is 9.54. The van der Waals surface area contributed by atoms with E-state index in [1.807, 2.05) is 27.7 Å². The highest BCUT2D eigenvalue weighted by Gasteiger charge is 2.51. The number of rotatable bonds is 2. The van der Waals surface area contributed by atoms with Gasteiger partial charge in [0.15, 0.2) is 6.41 Å². The largest absolute Gasteiger partial charge is 0.593 e. The third kappa shape index (κ3) is 1.47. The Balaban J connectivity index is 2.67. The standard InChI is InChI=1S/C7H14BNO3/c1-6(2)7(3,4)12-8(11-6)9-5-10/h5H,1-4H3,(H,9,10). The van der Waals surface area contributed by atoms with Crippen LogP contribution in [0.5, 0.6) is 0 Å². The number of carbonyl (C=O) groups excluding carboxylic acids is 1. The van der Waals surface area contributed by atoms with E-state index in [1.54, 1.807) is 0 Å². The van der Waals surface area contributed by atoms with Crippen LogP contribution < -0.4 is 5.23 Å². The van der Waals surface area contributed by atoms with Crippen LogP contribution in [0, 0.1) is 0 Å². The van der Waals surface area contributed by atoms with Crippen LogP contribution in [0.25, 0.3) is 0 Å². The number of hydrogen-bond donors (Lipinski definition) is 1. The van der Waals surface area contributed by atoms with Crippen molar-refractivity contribution in [1.29, 1.82) is 0 Å². The summed E-state index contributed by atoms with van der Waals surface area (Å²) < 4.78 is 10.9. The highest BCUT2D eigenvalue weighted by molar-refractivity contribution is 6.45. The molecule has 1 rings (SSSR count). The fraction of sp³-hybridized carbons (Fsp3) is 0.857. The summed E-state index contributed by atoms with van der Waals surface area (Å²) in [5.41, 5.74) is -0.763. The van der Waals surface area contributed by atoms with Gasteiger partial charge in [-0.2, -0.15) is 0 Å². The van der Waals surface area contributed by atoms with Crippen molar-refractivity contribution in [3.05, 3.63) is 0 Å². The van der Waals surface area contributed by atoms with E-state index in [1.165, 1.54) is 0 Å². The number of amides is 1. The summed E-state index contributed by atoms with van der Waals surface area (Å²) in [5.74, 6) is 0. The smallest absolute Gasteiger partial charge is 0.384 e. The predicted molar refractivity (Wildman–Crippen MR) is 45.3 cm³/mol. The SMILES string of the molecule is CC1(C)OB(NC=O)OC1(C)C. The molecule has 12 heavy (non-hydrogen) atoms. The Hall–Kier alpha value is -0.545. The Morgan fingerprint density at radius 2 is 1.58 bits per heavy atom. The van der Waals surface area contributed by atoms with E-state index in [-0.39, 0.29) is 11.2 Å². The van der Waals surface area contributed by atoms with Crippen molar-refractivity contribution in [1.82, 2.24) is 5.23 Å². The van der Waals surface area contributed by atoms with Crippen molar-refractivity contribution >= 4 is 13.7 Å². The Bertz CT molecular complexity index is 177. The van der Waals surface area contributed by atoms with Gasteiger partial charge < -0.3 is 14.5 Å². The molecule has 0 radical (unpaired) electrons. The minimum absolute atomic E-state index is 0.381. The summed E-state index contributed by atoms with van der Waals surface area (Å²) in [5, 5.41) is 2.43. The molecule has 0 aromatic carbocycles. The number of carbonyl (C=O) groups is 1. The third-order valence-corrected chi connectivity index (χ3v) is 2.46. The van der Waals surface area contributed by atoms with E-state index in [4.69, 9.17) is 9.31 Å². The minimum Gasteiger partial charge on any atom is -0.384 e. The predicted octanol–water partition coefficient (Wildman–Crippen LogP) is 0.321. The van der Waals surface area contributed by atoms with Crippen LogP contribution in [0.1, 0.15) is 27.7 Å². The summed E-state index contributed by atoms with van der Waals surface area (Å²) in [7, 11) is -0.618.